The molecule has 2 aromatic rings. The topological polar surface area (TPSA) is 46.3 Å². The molecule has 0 fully saturated rings. The Labute approximate surface area is 102 Å². The quantitative estimate of drug-likeness (QED) is 0.941. The molecule has 16 heavy (non-hydrogen) atoms. The molecule has 0 radical (unpaired) electrons. The highest BCUT2D eigenvalue weighted by molar-refractivity contribution is 9.10. The van der Waals surface area contributed by atoms with E-state index < -0.39 is 6.10 Å². The molecule has 1 aromatic carbocycles. The van der Waals surface area contributed by atoms with Gasteiger partial charge in [-0.05, 0) is 24.6 Å². The van der Waals surface area contributed by atoms with Gasteiger partial charge in [-0.15, -0.1) is 0 Å². The van der Waals surface area contributed by atoms with Gasteiger partial charge in [0.1, 0.15) is 6.10 Å². The molecular formula is C12H12BrNO2. The molecule has 0 aliphatic carbocycles. The summed E-state index contributed by atoms with van der Waals surface area (Å²) in [4.78, 5) is 4.12. The van der Waals surface area contributed by atoms with Crippen molar-refractivity contribution in [2.24, 2.45) is 0 Å². The van der Waals surface area contributed by atoms with Crippen molar-refractivity contribution in [1.29, 1.82) is 0 Å². The first-order valence-corrected chi connectivity index (χ1v) is 5.81. The Morgan fingerprint density at radius 2 is 2.31 bits per heavy atom. The van der Waals surface area contributed by atoms with Gasteiger partial charge in [-0.25, -0.2) is 4.98 Å². The Hall–Kier alpha value is -1.13. The molecule has 0 aliphatic heterocycles. The van der Waals surface area contributed by atoms with Gasteiger partial charge in [0.25, 0.3) is 0 Å². The van der Waals surface area contributed by atoms with E-state index in [0.29, 0.717) is 18.1 Å². The van der Waals surface area contributed by atoms with Crippen molar-refractivity contribution in [3.8, 4) is 0 Å². The fraction of sp³-hybridized carbons (Fsp3) is 0.250. The number of hydrogen-bond donors (Lipinski definition) is 1. The summed E-state index contributed by atoms with van der Waals surface area (Å²) in [7, 11) is 0. The van der Waals surface area contributed by atoms with Gasteiger partial charge in [0.15, 0.2) is 11.7 Å². The lowest BCUT2D eigenvalue weighted by Crippen LogP contribution is -1.88. The molecule has 0 saturated heterocycles. The molecule has 2 rings (SSSR count). The van der Waals surface area contributed by atoms with Crippen molar-refractivity contribution < 1.29 is 9.52 Å². The zero-order valence-corrected chi connectivity index (χ0v) is 10.4. The monoisotopic (exact) mass is 281 g/mol. The van der Waals surface area contributed by atoms with Crippen LogP contribution in [0.5, 0.6) is 0 Å². The molecule has 0 amide bonds. The van der Waals surface area contributed by atoms with Crippen molar-refractivity contribution >= 4 is 15.9 Å². The fourth-order valence-electron chi connectivity index (χ4n) is 1.42. The number of aliphatic hydroxyl groups is 1. The van der Waals surface area contributed by atoms with Gasteiger partial charge in [0.2, 0.25) is 0 Å². The van der Waals surface area contributed by atoms with E-state index in [2.05, 4.69) is 20.9 Å². The lowest BCUT2D eigenvalue weighted by Gasteiger charge is -1.99. The second kappa shape index (κ2) is 4.80. The molecule has 1 unspecified atom stereocenters. The van der Waals surface area contributed by atoms with Gasteiger partial charge in [0, 0.05) is 10.9 Å². The predicted octanol–water partition coefficient (Wildman–Crippen LogP) is 3.08. The number of halogens is 1. The first-order chi connectivity index (χ1) is 7.65. The summed E-state index contributed by atoms with van der Waals surface area (Å²) in [6, 6.07) is 7.97. The van der Waals surface area contributed by atoms with Crippen molar-refractivity contribution in [1.82, 2.24) is 4.98 Å². The Morgan fingerprint density at radius 1 is 1.50 bits per heavy atom. The Morgan fingerprint density at radius 3 is 2.94 bits per heavy atom. The Bertz CT molecular complexity index is 479. The first-order valence-electron chi connectivity index (χ1n) is 5.02. The smallest absolute Gasteiger partial charge is 0.198 e. The minimum atomic E-state index is -0.608. The second-order valence-electron chi connectivity index (χ2n) is 3.64. The van der Waals surface area contributed by atoms with Crippen molar-refractivity contribution in [2.45, 2.75) is 19.4 Å². The van der Waals surface area contributed by atoms with Crippen LogP contribution >= 0.6 is 15.9 Å². The third-order valence-electron chi connectivity index (χ3n) is 2.23. The largest absolute Gasteiger partial charge is 0.443 e. The molecule has 0 aliphatic rings. The molecule has 4 heteroatoms. The third-order valence-corrected chi connectivity index (χ3v) is 2.72. The van der Waals surface area contributed by atoms with Crippen molar-refractivity contribution in [2.75, 3.05) is 0 Å². The van der Waals surface area contributed by atoms with Crippen LogP contribution in [0.3, 0.4) is 0 Å². The summed E-state index contributed by atoms with van der Waals surface area (Å²) in [6.45, 7) is 1.66. The molecular weight excluding hydrogens is 270 g/mol. The van der Waals surface area contributed by atoms with Crippen LogP contribution < -0.4 is 0 Å². The summed E-state index contributed by atoms with van der Waals surface area (Å²) in [6.07, 6.45) is 1.59. The van der Waals surface area contributed by atoms with Crippen LogP contribution in [0.4, 0.5) is 0 Å². The minimum absolute atomic E-state index is 0.505. The molecule has 1 aromatic heterocycles. The number of aliphatic hydroxyl groups excluding tert-OH is 1. The standard InChI is InChI=1S/C12H12BrNO2/c1-8(15)11-7-14-12(16-11)6-9-3-2-4-10(13)5-9/h2-5,7-8,15H,6H2,1H3. The lowest BCUT2D eigenvalue weighted by atomic mass is 10.1. The summed E-state index contributed by atoms with van der Waals surface area (Å²) in [5, 5.41) is 9.31. The summed E-state index contributed by atoms with van der Waals surface area (Å²) >= 11 is 3.41. The van der Waals surface area contributed by atoms with E-state index >= 15 is 0 Å². The molecule has 3 nitrogen and oxygen atoms in total. The average Bonchev–Trinajstić information content (AvgIpc) is 2.66. The normalized spacial score (nSPS) is 12.7. The number of aromatic nitrogens is 1. The molecule has 1 N–H and O–H groups in total. The highest BCUT2D eigenvalue weighted by Crippen LogP contribution is 2.17. The van der Waals surface area contributed by atoms with Crippen LogP contribution in [-0.4, -0.2) is 10.1 Å². The zero-order valence-electron chi connectivity index (χ0n) is 8.85. The van der Waals surface area contributed by atoms with Gasteiger partial charge < -0.3 is 9.52 Å². The van der Waals surface area contributed by atoms with E-state index in [1.165, 1.54) is 0 Å². The van der Waals surface area contributed by atoms with Crippen molar-refractivity contribution in [3.63, 3.8) is 0 Å². The molecule has 0 saturated carbocycles. The van der Waals surface area contributed by atoms with Crippen LogP contribution in [0.15, 0.2) is 39.4 Å². The summed E-state index contributed by atoms with van der Waals surface area (Å²) in [5.74, 6) is 1.12. The Balaban J connectivity index is 2.14. The van der Waals surface area contributed by atoms with E-state index in [4.69, 9.17) is 4.42 Å². The maximum absolute atomic E-state index is 9.31. The Kier molecular flexibility index (Phi) is 3.41. The van der Waals surface area contributed by atoms with E-state index in [0.717, 1.165) is 10.0 Å². The molecule has 1 heterocycles. The predicted molar refractivity (Wildman–Crippen MR) is 64.1 cm³/mol. The van der Waals surface area contributed by atoms with Gasteiger partial charge >= 0.3 is 0 Å². The fourth-order valence-corrected chi connectivity index (χ4v) is 1.87. The van der Waals surface area contributed by atoms with Gasteiger partial charge in [-0.1, -0.05) is 28.1 Å². The average molecular weight is 282 g/mol. The SMILES string of the molecule is CC(O)c1cnc(Cc2cccc(Br)c2)o1. The molecule has 0 spiro atoms. The number of hydrogen-bond acceptors (Lipinski definition) is 3. The summed E-state index contributed by atoms with van der Waals surface area (Å²) in [5.41, 5.74) is 1.12. The molecule has 0 bridgehead atoms. The number of nitrogens with zero attached hydrogens (tertiary/aromatic N) is 1. The van der Waals surface area contributed by atoms with Gasteiger partial charge in [0.05, 0.1) is 6.20 Å². The van der Waals surface area contributed by atoms with Gasteiger partial charge in [-0.2, -0.15) is 0 Å². The van der Waals surface area contributed by atoms with Gasteiger partial charge in [-0.3, -0.25) is 0 Å². The number of rotatable bonds is 3. The van der Waals surface area contributed by atoms with E-state index in [1.54, 1.807) is 13.1 Å². The highest BCUT2D eigenvalue weighted by Gasteiger charge is 2.09. The molecule has 84 valence electrons. The first kappa shape index (κ1) is 11.4. The number of benzene rings is 1. The lowest BCUT2D eigenvalue weighted by molar-refractivity contribution is 0.167. The summed E-state index contributed by atoms with van der Waals surface area (Å²) < 4.78 is 6.45. The van der Waals surface area contributed by atoms with Crippen LogP contribution in [0.1, 0.15) is 30.2 Å². The minimum Gasteiger partial charge on any atom is -0.443 e. The van der Waals surface area contributed by atoms with Crippen molar-refractivity contribution in [3.05, 3.63) is 52.1 Å². The second-order valence-corrected chi connectivity index (χ2v) is 4.55. The zero-order chi connectivity index (χ0) is 11.5. The van der Waals surface area contributed by atoms with E-state index in [9.17, 15) is 5.11 Å². The van der Waals surface area contributed by atoms with Crippen LogP contribution in [-0.2, 0) is 6.42 Å². The molecule has 1 atom stereocenters. The number of oxazole rings is 1. The highest BCUT2D eigenvalue weighted by atomic mass is 79.9. The van der Waals surface area contributed by atoms with Crippen LogP contribution in [0, 0.1) is 0 Å². The maximum Gasteiger partial charge on any atom is 0.198 e. The maximum atomic E-state index is 9.31. The van der Waals surface area contributed by atoms with E-state index in [-0.39, 0.29) is 0 Å². The van der Waals surface area contributed by atoms with Crippen LogP contribution in [0.25, 0.3) is 0 Å². The van der Waals surface area contributed by atoms with E-state index in [1.807, 2.05) is 24.3 Å². The van der Waals surface area contributed by atoms with Crippen LogP contribution in [0.2, 0.25) is 0 Å². The third kappa shape index (κ3) is 2.71.